The second-order valence-electron chi connectivity index (χ2n) is 8.50. The van der Waals surface area contributed by atoms with Crippen molar-refractivity contribution in [3.8, 4) is 6.07 Å². The maximum Gasteiger partial charge on any atom is 0.326 e. The Balaban J connectivity index is 1.52. The molecule has 3 heterocycles. The van der Waals surface area contributed by atoms with E-state index in [9.17, 15) is 20.0 Å². The number of carbonyl (C=O) groups excluding carboxylic acids is 1. The van der Waals surface area contributed by atoms with E-state index in [-0.39, 0.29) is 23.8 Å². The van der Waals surface area contributed by atoms with E-state index in [1.54, 1.807) is 0 Å². The van der Waals surface area contributed by atoms with E-state index in [0.717, 1.165) is 50.2 Å². The average molecular weight is 481 g/mol. The van der Waals surface area contributed by atoms with Crippen LogP contribution < -0.4 is 16.0 Å². The summed E-state index contributed by atoms with van der Waals surface area (Å²) in [6.07, 6.45) is 7.89. The van der Waals surface area contributed by atoms with Crippen LogP contribution in [-0.4, -0.2) is 69.2 Å². The van der Waals surface area contributed by atoms with Gasteiger partial charge in [-0.25, -0.2) is 19.7 Å². The number of nitriles is 1. The molecule has 35 heavy (non-hydrogen) atoms. The highest BCUT2D eigenvalue weighted by molar-refractivity contribution is 5.77. The van der Waals surface area contributed by atoms with Crippen LogP contribution in [0.1, 0.15) is 49.6 Å². The van der Waals surface area contributed by atoms with Gasteiger partial charge in [0.25, 0.3) is 0 Å². The Morgan fingerprint density at radius 2 is 2.09 bits per heavy atom. The maximum atomic E-state index is 11.8. The van der Waals surface area contributed by atoms with Crippen molar-refractivity contribution in [2.75, 3.05) is 36.9 Å². The largest absolute Gasteiger partial charge is 0.480 e. The molecule has 0 aromatic carbocycles. The molecular formula is C24H32N8O3. The van der Waals surface area contributed by atoms with Gasteiger partial charge in [-0.05, 0) is 56.7 Å². The van der Waals surface area contributed by atoms with Crippen molar-refractivity contribution < 1.29 is 14.7 Å². The number of carboxylic acids is 1. The number of aryl methyl sites for hydroxylation is 2. The lowest BCUT2D eigenvalue weighted by molar-refractivity contribution is -0.138. The number of nitrogens with zero attached hydrogens (tertiary/aromatic N) is 5. The van der Waals surface area contributed by atoms with Crippen molar-refractivity contribution in [3.05, 3.63) is 41.5 Å². The normalized spacial score (nSPS) is 13.3. The Bertz CT molecular complexity index is 1060. The summed E-state index contributed by atoms with van der Waals surface area (Å²) in [5, 5.41) is 27.8. The van der Waals surface area contributed by atoms with Crippen molar-refractivity contribution in [1.29, 1.82) is 5.26 Å². The Hall–Kier alpha value is -3.78. The number of anilines is 2. The van der Waals surface area contributed by atoms with Crippen LogP contribution in [0, 0.1) is 11.3 Å². The van der Waals surface area contributed by atoms with Crippen LogP contribution in [0.2, 0.25) is 0 Å². The molecule has 0 fully saturated rings. The highest BCUT2D eigenvalue weighted by atomic mass is 16.4. The van der Waals surface area contributed by atoms with Gasteiger partial charge in [-0.3, -0.25) is 9.69 Å². The fraction of sp³-hybridized carbons (Fsp3) is 0.500. The Labute approximate surface area is 205 Å². The fourth-order valence-corrected chi connectivity index (χ4v) is 3.90. The monoisotopic (exact) mass is 480 g/mol. The molecule has 2 aromatic heterocycles. The first-order valence-corrected chi connectivity index (χ1v) is 11.9. The molecule has 3 rings (SSSR count). The highest BCUT2D eigenvalue weighted by Gasteiger charge is 2.21. The zero-order valence-electron chi connectivity index (χ0n) is 20.0. The predicted molar refractivity (Wildman–Crippen MR) is 131 cm³/mol. The van der Waals surface area contributed by atoms with Gasteiger partial charge in [-0.1, -0.05) is 6.07 Å². The van der Waals surface area contributed by atoms with E-state index >= 15 is 0 Å². The number of unbranched alkanes of at least 4 members (excludes halogenated alkanes) is 1. The number of carbonyl (C=O) groups is 2. The summed E-state index contributed by atoms with van der Waals surface area (Å²) < 4.78 is 0. The average Bonchev–Trinajstić information content (AvgIpc) is 2.86. The summed E-state index contributed by atoms with van der Waals surface area (Å²) in [4.78, 5) is 37.9. The number of hydrogen-bond acceptors (Lipinski definition) is 9. The Morgan fingerprint density at radius 1 is 1.26 bits per heavy atom. The fourth-order valence-electron chi connectivity index (χ4n) is 3.90. The van der Waals surface area contributed by atoms with Gasteiger partial charge in [0.05, 0.1) is 6.67 Å². The lowest BCUT2D eigenvalue weighted by atomic mass is 10.1. The van der Waals surface area contributed by atoms with Crippen molar-refractivity contribution in [3.63, 3.8) is 0 Å². The van der Waals surface area contributed by atoms with Gasteiger partial charge in [-0.15, -0.1) is 0 Å². The maximum absolute atomic E-state index is 11.8. The first-order chi connectivity index (χ1) is 17.0. The summed E-state index contributed by atoms with van der Waals surface area (Å²) >= 11 is 0. The van der Waals surface area contributed by atoms with E-state index in [1.807, 2.05) is 11.0 Å². The molecule has 0 saturated carbocycles. The van der Waals surface area contributed by atoms with E-state index < -0.39 is 12.0 Å². The van der Waals surface area contributed by atoms with Crippen LogP contribution >= 0.6 is 0 Å². The number of fused-ring (bicyclic) bond motifs is 1. The molecule has 1 aliphatic rings. The van der Waals surface area contributed by atoms with Crippen LogP contribution in [0.5, 0.6) is 0 Å². The Kier molecular flexibility index (Phi) is 9.74. The van der Waals surface area contributed by atoms with Crippen LogP contribution in [0.3, 0.4) is 0 Å². The molecular weight excluding hydrogens is 448 g/mol. The number of hydrogen-bond donors (Lipinski definition) is 4. The molecule has 1 aliphatic heterocycles. The van der Waals surface area contributed by atoms with E-state index in [0.29, 0.717) is 19.8 Å². The van der Waals surface area contributed by atoms with Gasteiger partial charge in [0, 0.05) is 38.1 Å². The van der Waals surface area contributed by atoms with E-state index in [1.165, 1.54) is 24.9 Å². The molecule has 186 valence electrons. The number of pyridine rings is 1. The van der Waals surface area contributed by atoms with Crippen molar-refractivity contribution >= 4 is 23.5 Å². The summed E-state index contributed by atoms with van der Waals surface area (Å²) in [6, 6.07) is 5.20. The number of carboxylic acid groups (broad SMARTS) is 1. The smallest absolute Gasteiger partial charge is 0.326 e. The van der Waals surface area contributed by atoms with E-state index in [2.05, 4.69) is 38.1 Å². The first kappa shape index (κ1) is 25.8. The third-order valence-corrected chi connectivity index (χ3v) is 5.81. The minimum absolute atomic E-state index is 0.0415. The van der Waals surface area contributed by atoms with Crippen LogP contribution in [0.4, 0.5) is 11.6 Å². The quantitative estimate of drug-likeness (QED) is 0.246. The van der Waals surface area contributed by atoms with Gasteiger partial charge in [0.1, 0.15) is 17.9 Å². The minimum atomic E-state index is -1.05. The topological polar surface area (TPSA) is 156 Å². The predicted octanol–water partition coefficient (Wildman–Crippen LogP) is 1.78. The van der Waals surface area contributed by atoms with Crippen molar-refractivity contribution in [1.82, 2.24) is 25.2 Å². The summed E-state index contributed by atoms with van der Waals surface area (Å²) in [5.41, 5.74) is 2.37. The van der Waals surface area contributed by atoms with Gasteiger partial charge in [-0.2, -0.15) is 5.26 Å². The number of amides is 1. The number of nitrogens with one attached hydrogen (secondary N) is 3. The number of aromatic nitrogens is 3. The zero-order chi connectivity index (χ0) is 25.0. The van der Waals surface area contributed by atoms with E-state index in [4.69, 9.17) is 4.98 Å². The molecule has 2 aromatic rings. The van der Waals surface area contributed by atoms with Crippen molar-refractivity contribution in [2.45, 2.75) is 51.5 Å². The molecule has 0 spiro atoms. The highest BCUT2D eigenvalue weighted by Crippen LogP contribution is 2.20. The van der Waals surface area contributed by atoms with Gasteiger partial charge in [0.2, 0.25) is 5.91 Å². The zero-order valence-corrected chi connectivity index (χ0v) is 20.0. The molecule has 4 N–H and O–H groups in total. The van der Waals surface area contributed by atoms with Gasteiger partial charge in [0.15, 0.2) is 11.5 Å². The lowest BCUT2D eigenvalue weighted by Crippen LogP contribution is -2.41. The molecule has 0 saturated heterocycles. The molecule has 0 aliphatic carbocycles. The molecule has 1 unspecified atom stereocenters. The molecule has 11 heteroatoms. The Morgan fingerprint density at radius 3 is 2.86 bits per heavy atom. The number of rotatable bonds is 13. The third kappa shape index (κ3) is 8.19. The SMILES string of the molecule is CC(=O)NCN(CCCCc1ccc2c(n1)NCCC2)CCC(Nc1nccnc1C#N)C(=O)O. The van der Waals surface area contributed by atoms with Crippen LogP contribution in [0.25, 0.3) is 0 Å². The summed E-state index contributed by atoms with van der Waals surface area (Å²) in [5.74, 6) is -0.0586. The molecule has 1 atom stereocenters. The van der Waals surface area contributed by atoms with Crippen LogP contribution in [0.15, 0.2) is 24.5 Å². The summed E-state index contributed by atoms with van der Waals surface area (Å²) in [6.45, 7) is 3.88. The standard InChI is InChI=1S/C24H32N8O3/c1-17(33)29-16-32(13-3-2-6-19-8-7-18-5-4-10-27-22(18)30-19)14-9-20(24(34)35)31-23-21(15-25)26-11-12-28-23/h7-8,11-12,20H,2-6,9-10,13-14,16H2,1H3,(H,27,30)(H,28,31)(H,29,33)(H,34,35). The van der Waals surface area contributed by atoms with Gasteiger partial charge < -0.3 is 21.1 Å². The first-order valence-electron chi connectivity index (χ1n) is 11.9. The van der Waals surface area contributed by atoms with Crippen LogP contribution in [-0.2, 0) is 22.4 Å². The molecule has 1 amide bonds. The minimum Gasteiger partial charge on any atom is -0.480 e. The molecule has 0 bridgehead atoms. The van der Waals surface area contributed by atoms with Gasteiger partial charge >= 0.3 is 5.97 Å². The molecule has 11 nitrogen and oxygen atoms in total. The second kappa shape index (κ2) is 13.2. The number of aliphatic carboxylic acids is 1. The second-order valence-corrected chi connectivity index (χ2v) is 8.50. The summed E-state index contributed by atoms with van der Waals surface area (Å²) in [7, 11) is 0. The van der Waals surface area contributed by atoms with Crippen molar-refractivity contribution in [2.24, 2.45) is 0 Å². The third-order valence-electron chi connectivity index (χ3n) is 5.81. The molecule has 0 radical (unpaired) electrons. The lowest BCUT2D eigenvalue weighted by Gasteiger charge is -2.24.